The van der Waals surface area contributed by atoms with E-state index in [1.54, 1.807) is 21.8 Å². The Morgan fingerprint density at radius 1 is 1.32 bits per heavy atom. The first-order valence-electron chi connectivity index (χ1n) is 8.09. The van der Waals surface area contributed by atoms with Crippen LogP contribution in [0, 0.1) is 5.82 Å². The Morgan fingerprint density at radius 3 is 2.92 bits per heavy atom. The van der Waals surface area contributed by atoms with Crippen molar-refractivity contribution in [1.82, 2.24) is 20.3 Å². The number of halogens is 2. The van der Waals surface area contributed by atoms with Gasteiger partial charge in [0.25, 0.3) is 5.91 Å². The van der Waals surface area contributed by atoms with E-state index in [1.807, 2.05) is 0 Å². The molecule has 134 valence electrons. The number of hydrogen-bond donors (Lipinski definition) is 1. The Kier molecular flexibility index (Phi) is 5.19. The smallest absolute Gasteiger partial charge is 0.280 e. The molecule has 9 heteroatoms. The Balaban J connectivity index is 0.00000182. The number of carbonyl (C=O) groups excluding carboxylic acids is 1. The summed E-state index contributed by atoms with van der Waals surface area (Å²) < 4.78 is 20.6. The molecule has 25 heavy (non-hydrogen) atoms. The van der Waals surface area contributed by atoms with Crippen molar-refractivity contribution in [3.05, 3.63) is 35.9 Å². The largest absolute Gasteiger partial charge is 0.489 e. The molecular formula is C16H19ClFN5O2. The molecule has 7 nitrogen and oxygen atoms in total. The van der Waals surface area contributed by atoms with Crippen LogP contribution in [0.25, 0.3) is 0 Å². The predicted molar refractivity (Wildman–Crippen MR) is 92.0 cm³/mol. The van der Waals surface area contributed by atoms with Crippen LogP contribution in [0.3, 0.4) is 0 Å². The van der Waals surface area contributed by atoms with Gasteiger partial charge in [-0.3, -0.25) is 9.69 Å². The van der Waals surface area contributed by atoms with Gasteiger partial charge in [-0.05, 0) is 38.1 Å². The highest BCUT2D eigenvalue weighted by molar-refractivity contribution is 6.05. The Bertz CT molecular complexity index is 763. The summed E-state index contributed by atoms with van der Waals surface area (Å²) in [5.41, 5.74) is 0.856. The van der Waals surface area contributed by atoms with Crippen LogP contribution >= 0.6 is 12.4 Å². The summed E-state index contributed by atoms with van der Waals surface area (Å²) in [5.74, 6) is -0.258. The van der Waals surface area contributed by atoms with Crippen molar-refractivity contribution < 1.29 is 13.9 Å². The number of hydrogen-bond acceptors (Lipinski definition) is 5. The molecule has 2 aliphatic heterocycles. The van der Waals surface area contributed by atoms with Gasteiger partial charge in [0, 0.05) is 6.07 Å². The average Bonchev–Trinajstić information content (AvgIpc) is 3.11. The van der Waals surface area contributed by atoms with Crippen molar-refractivity contribution in [1.29, 1.82) is 0 Å². The van der Waals surface area contributed by atoms with Crippen LogP contribution < -0.4 is 15.0 Å². The van der Waals surface area contributed by atoms with E-state index in [0.29, 0.717) is 30.3 Å². The number of benzene rings is 1. The first-order valence-corrected chi connectivity index (χ1v) is 8.09. The summed E-state index contributed by atoms with van der Waals surface area (Å²) in [6, 6.07) is 4.44. The van der Waals surface area contributed by atoms with E-state index in [2.05, 4.69) is 15.6 Å². The molecule has 2 aliphatic rings. The Hall–Kier alpha value is -2.19. The van der Waals surface area contributed by atoms with E-state index in [1.165, 1.54) is 12.1 Å². The van der Waals surface area contributed by atoms with E-state index in [0.717, 1.165) is 25.9 Å². The van der Waals surface area contributed by atoms with Gasteiger partial charge in [-0.15, -0.1) is 17.5 Å². The van der Waals surface area contributed by atoms with Crippen molar-refractivity contribution >= 4 is 24.0 Å². The molecule has 2 aromatic rings. The number of anilines is 1. The minimum absolute atomic E-state index is 0. The lowest BCUT2D eigenvalue weighted by Crippen LogP contribution is -2.38. The zero-order valence-electron chi connectivity index (χ0n) is 13.5. The number of amides is 1. The molecule has 1 aromatic heterocycles. The number of rotatable bonds is 2. The van der Waals surface area contributed by atoms with Gasteiger partial charge in [0.05, 0.1) is 24.5 Å². The molecule has 0 spiro atoms. The summed E-state index contributed by atoms with van der Waals surface area (Å²) in [5, 5.41) is 11.5. The molecule has 1 fully saturated rings. The number of ether oxygens (including phenoxy) is 1. The van der Waals surface area contributed by atoms with E-state index in [9.17, 15) is 9.18 Å². The number of piperidine rings is 1. The van der Waals surface area contributed by atoms with Crippen molar-refractivity contribution in [2.45, 2.75) is 18.9 Å². The first kappa shape index (κ1) is 17.6. The van der Waals surface area contributed by atoms with Gasteiger partial charge >= 0.3 is 0 Å². The fourth-order valence-corrected chi connectivity index (χ4v) is 3.17. The van der Waals surface area contributed by atoms with Gasteiger partial charge in [0.1, 0.15) is 18.2 Å². The van der Waals surface area contributed by atoms with Crippen molar-refractivity contribution in [3.8, 4) is 5.75 Å². The summed E-state index contributed by atoms with van der Waals surface area (Å²) in [6.45, 7) is 2.61. The van der Waals surface area contributed by atoms with Gasteiger partial charge < -0.3 is 10.1 Å². The first-order chi connectivity index (χ1) is 11.7. The molecule has 1 saturated heterocycles. The third-order valence-electron chi connectivity index (χ3n) is 4.44. The Labute approximate surface area is 150 Å². The van der Waals surface area contributed by atoms with Crippen molar-refractivity contribution in [2.24, 2.45) is 0 Å². The lowest BCUT2D eigenvalue weighted by atomic mass is 10.1. The van der Waals surface area contributed by atoms with Crippen LogP contribution in [-0.4, -0.2) is 47.1 Å². The fraction of sp³-hybridized carbons (Fsp3) is 0.438. The maximum absolute atomic E-state index is 13.3. The highest BCUT2D eigenvalue weighted by Gasteiger charge is 2.27. The molecule has 1 N–H and O–H groups in total. The van der Waals surface area contributed by atoms with Crippen molar-refractivity contribution in [2.75, 3.05) is 31.1 Å². The van der Waals surface area contributed by atoms with Gasteiger partial charge in [-0.25, -0.2) is 9.07 Å². The van der Waals surface area contributed by atoms with Crippen molar-refractivity contribution in [3.63, 3.8) is 0 Å². The molecule has 0 bridgehead atoms. The molecule has 3 heterocycles. The maximum atomic E-state index is 13.3. The molecule has 0 saturated carbocycles. The monoisotopic (exact) mass is 367 g/mol. The molecular weight excluding hydrogens is 349 g/mol. The lowest BCUT2D eigenvalue weighted by molar-refractivity contribution is 0.0971. The number of nitrogens with zero attached hydrogens (tertiary/aromatic N) is 4. The quantitative estimate of drug-likeness (QED) is 0.876. The molecule has 0 aliphatic carbocycles. The summed E-state index contributed by atoms with van der Waals surface area (Å²) in [6.07, 6.45) is 3.64. The number of aromatic nitrogens is 3. The minimum Gasteiger partial charge on any atom is -0.489 e. The normalized spacial score (nSPS) is 17.4. The van der Waals surface area contributed by atoms with E-state index >= 15 is 0 Å². The second-order valence-corrected chi connectivity index (χ2v) is 5.98. The molecule has 0 unspecified atom stereocenters. The van der Waals surface area contributed by atoms with Gasteiger partial charge in [-0.2, -0.15) is 0 Å². The van der Waals surface area contributed by atoms with Crippen LogP contribution in [-0.2, 0) is 0 Å². The number of carbonyl (C=O) groups is 1. The highest BCUT2D eigenvalue weighted by atomic mass is 35.5. The zero-order chi connectivity index (χ0) is 16.5. The second kappa shape index (κ2) is 7.37. The van der Waals surface area contributed by atoms with Gasteiger partial charge in [0.15, 0.2) is 5.69 Å². The highest BCUT2D eigenvalue weighted by Crippen LogP contribution is 2.33. The molecule has 0 radical (unpaired) electrons. The molecule has 1 amide bonds. The topological polar surface area (TPSA) is 72.3 Å². The summed E-state index contributed by atoms with van der Waals surface area (Å²) >= 11 is 0. The van der Waals surface area contributed by atoms with Crippen LogP contribution in [0.2, 0.25) is 0 Å². The summed E-state index contributed by atoms with van der Waals surface area (Å²) in [4.78, 5) is 14.4. The van der Waals surface area contributed by atoms with Crippen LogP contribution in [0.5, 0.6) is 5.75 Å². The maximum Gasteiger partial charge on any atom is 0.280 e. The SMILES string of the molecule is Cl.O=C(c1cn(C2CCNCC2)nn1)N1CCOc2cc(F)ccc21. The van der Waals surface area contributed by atoms with Crippen LogP contribution in [0.15, 0.2) is 24.4 Å². The fourth-order valence-electron chi connectivity index (χ4n) is 3.17. The lowest BCUT2D eigenvalue weighted by Gasteiger charge is -2.28. The van der Waals surface area contributed by atoms with Gasteiger partial charge in [-0.1, -0.05) is 5.21 Å². The standard InChI is InChI=1S/C16H18FN5O2.ClH/c17-11-1-2-14-15(9-11)24-8-7-21(14)16(23)13-10-22(20-19-13)12-3-5-18-6-4-12;/h1-2,9-10,12,18H,3-8H2;1H. The van der Waals surface area contributed by atoms with E-state index < -0.39 is 0 Å². The molecule has 1 aromatic carbocycles. The molecule has 4 rings (SSSR count). The van der Waals surface area contributed by atoms with E-state index in [4.69, 9.17) is 4.74 Å². The van der Waals surface area contributed by atoms with E-state index in [-0.39, 0.29) is 30.2 Å². The van der Waals surface area contributed by atoms with Crippen LogP contribution in [0.4, 0.5) is 10.1 Å². The molecule has 0 atom stereocenters. The summed E-state index contributed by atoms with van der Waals surface area (Å²) in [7, 11) is 0. The number of nitrogens with one attached hydrogen (secondary N) is 1. The third kappa shape index (κ3) is 3.45. The van der Waals surface area contributed by atoms with Crippen LogP contribution in [0.1, 0.15) is 29.4 Å². The predicted octanol–water partition coefficient (Wildman–Crippen LogP) is 1.80. The zero-order valence-corrected chi connectivity index (χ0v) is 14.3. The minimum atomic E-state index is -0.389. The third-order valence-corrected chi connectivity index (χ3v) is 4.44. The van der Waals surface area contributed by atoms with Gasteiger partial charge in [0.2, 0.25) is 0 Å². The second-order valence-electron chi connectivity index (χ2n) is 5.98. The average molecular weight is 368 g/mol. The number of fused-ring (bicyclic) bond motifs is 1. The Morgan fingerprint density at radius 2 is 2.12 bits per heavy atom.